The van der Waals surface area contributed by atoms with Gasteiger partial charge in [-0.1, -0.05) is 6.92 Å². The van der Waals surface area contributed by atoms with Gasteiger partial charge in [-0.2, -0.15) is 10.1 Å². The molecular weight excluding hydrogens is 242 g/mol. The van der Waals surface area contributed by atoms with Gasteiger partial charge in [0, 0.05) is 5.69 Å². The van der Waals surface area contributed by atoms with Crippen LogP contribution in [0.1, 0.15) is 30.8 Å². The summed E-state index contributed by atoms with van der Waals surface area (Å²) in [6.07, 6.45) is 2.37. The molecule has 2 N–H and O–H groups in total. The van der Waals surface area contributed by atoms with Gasteiger partial charge < -0.3 is 10.5 Å². The largest absolute Gasteiger partial charge is 0.476 e. The Balaban J connectivity index is 2.56. The van der Waals surface area contributed by atoms with Crippen LogP contribution >= 0.6 is 0 Å². The minimum Gasteiger partial charge on any atom is -0.476 e. The lowest BCUT2D eigenvalue weighted by atomic mass is 10.1. The molecule has 2 heterocycles. The van der Waals surface area contributed by atoms with Gasteiger partial charge in [-0.3, -0.25) is 0 Å². The number of hydrogen-bond acceptors (Lipinski definition) is 5. The Morgan fingerprint density at radius 3 is 2.58 bits per heavy atom. The Morgan fingerprint density at radius 2 is 2.00 bits per heavy atom. The highest BCUT2D eigenvalue weighted by Gasteiger charge is 2.16. The zero-order valence-electron chi connectivity index (χ0n) is 11.8. The molecule has 0 unspecified atom stereocenters. The fourth-order valence-electron chi connectivity index (χ4n) is 2.18. The van der Waals surface area contributed by atoms with Crippen LogP contribution in [0.15, 0.2) is 6.33 Å². The van der Waals surface area contributed by atoms with Crippen LogP contribution in [0.3, 0.4) is 0 Å². The second-order valence-corrected chi connectivity index (χ2v) is 4.26. The summed E-state index contributed by atoms with van der Waals surface area (Å²) in [5.74, 6) is 0.969. The van der Waals surface area contributed by atoms with Crippen molar-refractivity contribution in [1.82, 2.24) is 19.7 Å². The van der Waals surface area contributed by atoms with E-state index in [0.29, 0.717) is 24.0 Å². The van der Waals surface area contributed by atoms with Crippen molar-refractivity contribution in [2.24, 2.45) is 0 Å². The van der Waals surface area contributed by atoms with Gasteiger partial charge in [0.25, 0.3) is 0 Å². The highest BCUT2D eigenvalue weighted by Crippen LogP contribution is 2.26. The van der Waals surface area contributed by atoms with Gasteiger partial charge >= 0.3 is 0 Å². The van der Waals surface area contributed by atoms with E-state index in [2.05, 4.69) is 22.0 Å². The number of hydrogen-bond donors (Lipinski definition) is 1. The van der Waals surface area contributed by atoms with Crippen LogP contribution in [0, 0.1) is 13.8 Å². The molecule has 0 atom stereocenters. The lowest BCUT2D eigenvalue weighted by Crippen LogP contribution is -2.09. The summed E-state index contributed by atoms with van der Waals surface area (Å²) < 4.78 is 7.14. The van der Waals surface area contributed by atoms with E-state index in [4.69, 9.17) is 10.5 Å². The van der Waals surface area contributed by atoms with Gasteiger partial charge in [-0.05, 0) is 32.8 Å². The molecule has 0 bridgehead atoms. The van der Waals surface area contributed by atoms with Crippen molar-refractivity contribution in [3.05, 3.63) is 23.3 Å². The van der Waals surface area contributed by atoms with Crippen molar-refractivity contribution in [3.63, 3.8) is 0 Å². The molecule has 0 aliphatic carbocycles. The highest BCUT2D eigenvalue weighted by molar-refractivity contribution is 5.60. The van der Waals surface area contributed by atoms with E-state index in [0.717, 1.165) is 17.8 Å². The van der Waals surface area contributed by atoms with Crippen LogP contribution in [0.25, 0.3) is 5.82 Å². The first-order chi connectivity index (χ1) is 9.10. The Morgan fingerprint density at radius 1 is 1.26 bits per heavy atom. The smallest absolute Gasteiger partial charge is 0.242 e. The summed E-state index contributed by atoms with van der Waals surface area (Å²) in [4.78, 5) is 8.26. The molecule has 0 aliphatic heterocycles. The van der Waals surface area contributed by atoms with Crippen molar-refractivity contribution >= 4 is 5.69 Å². The van der Waals surface area contributed by atoms with E-state index in [1.165, 1.54) is 11.9 Å². The molecule has 19 heavy (non-hydrogen) atoms. The Labute approximate surface area is 112 Å². The second-order valence-electron chi connectivity index (χ2n) is 4.26. The van der Waals surface area contributed by atoms with Crippen LogP contribution in [0.5, 0.6) is 5.88 Å². The van der Waals surface area contributed by atoms with Gasteiger partial charge in [-0.25, -0.2) is 9.67 Å². The Bertz CT molecular complexity index is 591. The SMILES string of the molecule is CCOc1ncnc(-n2nc(C)c(CC)c2C)c1N. The molecule has 0 fully saturated rings. The van der Waals surface area contributed by atoms with E-state index in [9.17, 15) is 0 Å². The van der Waals surface area contributed by atoms with Crippen LogP contribution in [-0.2, 0) is 6.42 Å². The van der Waals surface area contributed by atoms with Gasteiger partial charge in [0.2, 0.25) is 5.88 Å². The van der Waals surface area contributed by atoms with Crippen LogP contribution in [0.2, 0.25) is 0 Å². The maximum absolute atomic E-state index is 6.06. The van der Waals surface area contributed by atoms with E-state index >= 15 is 0 Å². The molecule has 0 radical (unpaired) electrons. The number of aryl methyl sites for hydroxylation is 1. The minimum absolute atomic E-state index is 0.401. The third-order valence-electron chi connectivity index (χ3n) is 3.10. The average Bonchev–Trinajstić information content (AvgIpc) is 2.67. The number of nitrogens with two attached hydrogens (primary N) is 1. The quantitative estimate of drug-likeness (QED) is 0.908. The van der Waals surface area contributed by atoms with E-state index in [-0.39, 0.29) is 0 Å². The van der Waals surface area contributed by atoms with Gasteiger partial charge in [-0.15, -0.1) is 0 Å². The molecule has 6 heteroatoms. The van der Waals surface area contributed by atoms with E-state index in [1.54, 1.807) is 4.68 Å². The lowest BCUT2D eigenvalue weighted by Gasteiger charge is -2.10. The lowest BCUT2D eigenvalue weighted by molar-refractivity contribution is 0.328. The van der Waals surface area contributed by atoms with Crippen molar-refractivity contribution < 1.29 is 4.74 Å². The van der Waals surface area contributed by atoms with Crippen LogP contribution in [0.4, 0.5) is 5.69 Å². The Hall–Kier alpha value is -2.11. The molecule has 102 valence electrons. The number of aromatic nitrogens is 4. The van der Waals surface area contributed by atoms with Crippen LogP contribution < -0.4 is 10.5 Å². The summed E-state index contributed by atoms with van der Waals surface area (Å²) in [5.41, 5.74) is 9.74. The van der Waals surface area contributed by atoms with Gasteiger partial charge in [0.1, 0.15) is 12.0 Å². The summed E-state index contributed by atoms with van der Waals surface area (Å²) in [6.45, 7) is 8.51. The summed E-state index contributed by atoms with van der Waals surface area (Å²) in [6, 6.07) is 0. The van der Waals surface area contributed by atoms with Crippen LogP contribution in [-0.4, -0.2) is 26.4 Å². The summed E-state index contributed by atoms with van der Waals surface area (Å²) in [5, 5.41) is 4.50. The first-order valence-corrected chi connectivity index (χ1v) is 6.38. The van der Waals surface area contributed by atoms with Gasteiger partial charge in [0.15, 0.2) is 5.82 Å². The molecule has 0 saturated heterocycles. The molecule has 6 nitrogen and oxygen atoms in total. The second kappa shape index (κ2) is 5.26. The number of ether oxygens (including phenoxy) is 1. The zero-order valence-corrected chi connectivity index (χ0v) is 11.8. The molecule has 0 aromatic carbocycles. The Kier molecular flexibility index (Phi) is 3.69. The van der Waals surface area contributed by atoms with Crippen molar-refractivity contribution in [3.8, 4) is 11.7 Å². The van der Waals surface area contributed by atoms with E-state index in [1.807, 2.05) is 20.8 Å². The minimum atomic E-state index is 0.401. The first kappa shape index (κ1) is 13.3. The number of anilines is 1. The average molecular weight is 261 g/mol. The molecule has 2 aromatic rings. The molecule has 0 saturated carbocycles. The predicted octanol–water partition coefficient (Wildman–Crippen LogP) is 1.82. The molecule has 0 amide bonds. The zero-order chi connectivity index (χ0) is 14.0. The summed E-state index contributed by atoms with van der Waals surface area (Å²) in [7, 11) is 0. The fraction of sp³-hybridized carbons (Fsp3) is 0.462. The molecule has 0 spiro atoms. The molecule has 2 rings (SSSR count). The molecule has 0 aliphatic rings. The van der Waals surface area contributed by atoms with Crippen molar-refractivity contribution in [1.29, 1.82) is 0 Å². The number of nitrogens with zero attached hydrogens (tertiary/aromatic N) is 4. The molecular formula is C13H19N5O. The predicted molar refractivity (Wildman–Crippen MR) is 73.6 cm³/mol. The standard InChI is InChI=1S/C13H19N5O/c1-5-10-8(3)17-18(9(10)4)12-11(14)13(19-6-2)16-7-15-12/h7H,5-6,14H2,1-4H3. The maximum atomic E-state index is 6.06. The normalized spacial score (nSPS) is 10.7. The first-order valence-electron chi connectivity index (χ1n) is 6.38. The molecule has 2 aromatic heterocycles. The third kappa shape index (κ3) is 2.25. The topological polar surface area (TPSA) is 78.9 Å². The van der Waals surface area contributed by atoms with Crippen molar-refractivity contribution in [2.45, 2.75) is 34.1 Å². The highest BCUT2D eigenvalue weighted by atomic mass is 16.5. The number of nitrogen functional groups attached to an aromatic ring is 1. The summed E-state index contributed by atoms with van der Waals surface area (Å²) >= 11 is 0. The fourth-order valence-corrected chi connectivity index (χ4v) is 2.18. The van der Waals surface area contributed by atoms with Crippen molar-refractivity contribution in [2.75, 3.05) is 12.3 Å². The van der Waals surface area contributed by atoms with E-state index < -0.39 is 0 Å². The van der Waals surface area contributed by atoms with Gasteiger partial charge in [0.05, 0.1) is 12.3 Å². The number of rotatable bonds is 4. The maximum Gasteiger partial charge on any atom is 0.242 e. The third-order valence-corrected chi connectivity index (χ3v) is 3.10. The monoisotopic (exact) mass is 261 g/mol.